The van der Waals surface area contributed by atoms with E-state index in [0.29, 0.717) is 0 Å². The van der Waals surface area contributed by atoms with Crippen molar-refractivity contribution in [3.8, 4) is 6.07 Å². The highest BCUT2D eigenvalue weighted by molar-refractivity contribution is 4.81. The van der Waals surface area contributed by atoms with E-state index in [4.69, 9.17) is 5.26 Å². The van der Waals surface area contributed by atoms with Gasteiger partial charge < -0.3 is 0 Å². The van der Waals surface area contributed by atoms with Crippen LogP contribution in [0.3, 0.4) is 0 Å². The normalized spacial score (nSPS) is 10.9. The van der Waals surface area contributed by atoms with Gasteiger partial charge in [0.2, 0.25) is 0 Å². The fourth-order valence-electron chi connectivity index (χ4n) is 2.10. The lowest BCUT2D eigenvalue weighted by Gasteiger charge is -1.98. The Balaban J connectivity index is 3.03. The summed E-state index contributed by atoms with van der Waals surface area (Å²) in [5.41, 5.74) is 0. The third kappa shape index (κ3) is 15.2. The monoisotopic (exact) mass is 249 g/mol. The summed E-state index contributed by atoms with van der Waals surface area (Å²) in [7, 11) is 0. The number of nitriles is 1. The van der Waals surface area contributed by atoms with Gasteiger partial charge in [-0.3, -0.25) is 0 Å². The van der Waals surface area contributed by atoms with Gasteiger partial charge in [0, 0.05) is 6.42 Å². The van der Waals surface area contributed by atoms with Crippen molar-refractivity contribution >= 4 is 0 Å². The number of nitrogens with zero attached hydrogens (tertiary/aromatic N) is 1. The SMILES string of the molecule is CCCCCCCCC=CCCCCCCC#N. The lowest BCUT2D eigenvalue weighted by molar-refractivity contribution is 0.610. The summed E-state index contributed by atoms with van der Waals surface area (Å²) in [4.78, 5) is 0. The van der Waals surface area contributed by atoms with Gasteiger partial charge in [-0.2, -0.15) is 5.26 Å². The highest BCUT2D eigenvalue weighted by atomic mass is 14.2. The van der Waals surface area contributed by atoms with Crippen LogP contribution in [0.25, 0.3) is 0 Å². The summed E-state index contributed by atoms with van der Waals surface area (Å²) in [5, 5.41) is 8.40. The van der Waals surface area contributed by atoms with Gasteiger partial charge in [0.05, 0.1) is 6.07 Å². The summed E-state index contributed by atoms with van der Waals surface area (Å²) >= 11 is 0. The second-order valence-electron chi connectivity index (χ2n) is 5.14. The zero-order valence-electron chi connectivity index (χ0n) is 12.3. The van der Waals surface area contributed by atoms with Gasteiger partial charge in [0.25, 0.3) is 0 Å². The second kappa shape index (κ2) is 16.2. The largest absolute Gasteiger partial charge is 0.198 e. The topological polar surface area (TPSA) is 23.8 Å². The molecule has 0 rings (SSSR count). The molecule has 0 aromatic rings. The highest BCUT2D eigenvalue weighted by Crippen LogP contribution is 2.08. The molecule has 0 fully saturated rings. The van der Waals surface area contributed by atoms with E-state index in [-0.39, 0.29) is 0 Å². The molecule has 1 nitrogen and oxygen atoms in total. The Morgan fingerprint density at radius 1 is 0.722 bits per heavy atom. The molecule has 0 aromatic heterocycles. The van der Waals surface area contributed by atoms with E-state index in [1.807, 2.05) is 0 Å². The Bertz CT molecular complexity index is 212. The van der Waals surface area contributed by atoms with Crippen molar-refractivity contribution in [2.24, 2.45) is 0 Å². The molecule has 0 N–H and O–H groups in total. The van der Waals surface area contributed by atoms with Crippen LogP contribution >= 0.6 is 0 Å². The molecular weight excluding hydrogens is 218 g/mol. The van der Waals surface area contributed by atoms with Gasteiger partial charge in [-0.15, -0.1) is 0 Å². The molecule has 18 heavy (non-hydrogen) atoms. The summed E-state index contributed by atoms with van der Waals surface area (Å²) in [5.74, 6) is 0. The van der Waals surface area contributed by atoms with Crippen molar-refractivity contribution in [2.75, 3.05) is 0 Å². The Labute approximate surface area is 114 Å². The van der Waals surface area contributed by atoms with E-state index in [1.54, 1.807) is 0 Å². The molecule has 0 aliphatic carbocycles. The van der Waals surface area contributed by atoms with Gasteiger partial charge in [-0.05, 0) is 32.1 Å². The smallest absolute Gasteiger partial charge is 0.0621 e. The Morgan fingerprint density at radius 2 is 1.22 bits per heavy atom. The van der Waals surface area contributed by atoms with Crippen LogP contribution < -0.4 is 0 Å². The molecule has 0 atom stereocenters. The molecule has 0 spiro atoms. The fraction of sp³-hybridized carbons (Fsp3) is 0.824. The van der Waals surface area contributed by atoms with Gasteiger partial charge in [0.1, 0.15) is 0 Å². The Morgan fingerprint density at radius 3 is 1.78 bits per heavy atom. The zero-order chi connectivity index (χ0) is 13.3. The van der Waals surface area contributed by atoms with Crippen molar-refractivity contribution in [2.45, 2.75) is 90.4 Å². The van der Waals surface area contributed by atoms with Crippen LogP contribution in [0.5, 0.6) is 0 Å². The minimum Gasteiger partial charge on any atom is -0.198 e. The van der Waals surface area contributed by atoms with Gasteiger partial charge in [0.15, 0.2) is 0 Å². The minimum absolute atomic E-state index is 0.730. The first-order chi connectivity index (χ1) is 8.91. The van der Waals surface area contributed by atoms with Gasteiger partial charge >= 0.3 is 0 Å². The van der Waals surface area contributed by atoms with Crippen LogP contribution in [0, 0.1) is 11.3 Å². The molecule has 1 heteroatoms. The molecule has 0 radical (unpaired) electrons. The predicted molar refractivity (Wildman–Crippen MR) is 80.4 cm³/mol. The van der Waals surface area contributed by atoms with Crippen molar-refractivity contribution in [3.63, 3.8) is 0 Å². The minimum atomic E-state index is 0.730. The fourth-order valence-corrected chi connectivity index (χ4v) is 2.10. The van der Waals surface area contributed by atoms with Crippen LogP contribution in [-0.2, 0) is 0 Å². The third-order valence-electron chi connectivity index (χ3n) is 3.30. The van der Waals surface area contributed by atoms with E-state index < -0.39 is 0 Å². The molecule has 104 valence electrons. The lowest BCUT2D eigenvalue weighted by atomic mass is 10.1. The second-order valence-corrected chi connectivity index (χ2v) is 5.14. The van der Waals surface area contributed by atoms with Crippen LogP contribution in [0.1, 0.15) is 90.4 Å². The van der Waals surface area contributed by atoms with Crippen LogP contribution in [-0.4, -0.2) is 0 Å². The summed E-state index contributed by atoms with van der Waals surface area (Å²) in [6.45, 7) is 2.27. The molecule has 0 unspecified atom stereocenters. The average Bonchev–Trinajstić information content (AvgIpc) is 2.39. The first kappa shape index (κ1) is 17.2. The highest BCUT2D eigenvalue weighted by Gasteiger charge is 1.89. The lowest BCUT2D eigenvalue weighted by Crippen LogP contribution is -1.78. The third-order valence-corrected chi connectivity index (χ3v) is 3.30. The Kier molecular flexibility index (Phi) is 15.5. The molecule has 0 saturated heterocycles. The number of unbranched alkanes of at least 4 members (excludes halogenated alkanes) is 11. The van der Waals surface area contributed by atoms with Crippen molar-refractivity contribution in [1.82, 2.24) is 0 Å². The predicted octanol–water partition coefficient (Wildman–Crippen LogP) is 6.16. The summed E-state index contributed by atoms with van der Waals surface area (Å²) in [6.07, 6.45) is 21.1. The standard InChI is InChI=1S/C17H31N/c1-2-3-4-5-6-7-8-9-10-11-12-13-14-15-16-17-18/h9-10H,2-8,11-16H2,1H3. The molecule has 0 heterocycles. The summed E-state index contributed by atoms with van der Waals surface area (Å²) < 4.78 is 0. The van der Waals surface area contributed by atoms with Gasteiger partial charge in [-0.1, -0.05) is 64.0 Å². The summed E-state index contributed by atoms with van der Waals surface area (Å²) in [6, 6.07) is 2.20. The molecule has 0 aliphatic heterocycles. The molecule has 0 aromatic carbocycles. The maximum atomic E-state index is 8.40. The van der Waals surface area contributed by atoms with Crippen molar-refractivity contribution in [3.05, 3.63) is 12.2 Å². The number of allylic oxidation sites excluding steroid dienone is 2. The van der Waals surface area contributed by atoms with Crippen LogP contribution in [0.4, 0.5) is 0 Å². The molecule has 0 saturated carbocycles. The molecular formula is C17H31N. The van der Waals surface area contributed by atoms with E-state index >= 15 is 0 Å². The maximum absolute atomic E-state index is 8.40. The van der Waals surface area contributed by atoms with Crippen molar-refractivity contribution in [1.29, 1.82) is 5.26 Å². The van der Waals surface area contributed by atoms with E-state index in [9.17, 15) is 0 Å². The number of rotatable bonds is 13. The average molecular weight is 249 g/mol. The molecule has 0 bridgehead atoms. The maximum Gasteiger partial charge on any atom is 0.0621 e. The first-order valence-electron chi connectivity index (χ1n) is 7.93. The van der Waals surface area contributed by atoms with Gasteiger partial charge in [-0.25, -0.2) is 0 Å². The number of hydrogen-bond acceptors (Lipinski definition) is 1. The quantitative estimate of drug-likeness (QED) is 0.283. The van der Waals surface area contributed by atoms with Crippen LogP contribution in [0.2, 0.25) is 0 Å². The van der Waals surface area contributed by atoms with Crippen LogP contribution in [0.15, 0.2) is 12.2 Å². The first-order valence-corrected chi connectivity index (χ1v) is 7.93. The molecule has 0 amide bonds. The Hall–Kier alpha value is -0.770. The molecule has 0 aliphatic rings. The zero-order valence-corrected chi connectivity index (χ0v) is 12.3. The van der Waals surface area contributed by atoms with E-state index in [1.165, 1.54) is 70.6 Å². The van der Waals surface area contributed by atoms with E-state index in [2.05, 4.69) is 25.1 Å². The number of hydrogen-bond donors (Lipinski definition) is 0. The van der Waals surface area contributed by atoms with E-state index in [0.717, 1.165) is 12.8 Å². The van der Waals surface area contributed by atoms with Crippen molar-refractivity contribution < 1.29 is 0 Å².